The lowest BCUT2D eigenvalue weighted by Gasteiger charge is -2.33. The maximum Gasteiger partial charge on any atom is 0.0957 e. The van der Waals surface area contributed by atoms with E-state index in [-0.39, 0.29) is 6.73 Å². The minimum atomic E-state index is 0.210. The Labute approximate surface area is 80.7 Å². The Bertz CT molecular complexity index is 133. The molecule has 1 fully saturated rings. The molecule has 0 radical (unpaired) electrons. The summed E-state index contributed by atoms with van der Waals surface area (Å²) in [5.74, 6) is 0. The van der Waals surface area contributed by atoms with Crippen molar-refractivity contribution in [2.24, 2.45) is 0 Å². The molecule has 0 saturated carbocycles. The summed E-state index contributed by atoms with van der Waals surface area (Å²) < 4.78 is 0. The minimum Gasteiger partial charge on any atom is -0.381 e. The van der Waals surface area contributed by atoms with Crippen LogP contribution in [0.2, 0.25) is 0 Å². The third-order valence-corrected chi connectivity index (χ3v) is 2.53. The number of likely N-dealkylation sites (N-methyl/N-ethyl adjacent to an activating group) is 1. The summed E-state index contributed by atoms with van der Waals surface area (Å²) in [4.78, 5) is 6.73. The van der Waals surface area contributed by atoms with Crippen LogP contribution < -0.4 is 0 Å². The van der Waals surface area contributed by atoms with Gasteiger partial charge in [-0.1, -0.05) is 0 Å². The first-order valence-electron chi connectivity index (χ1n) is 4.92. The number of aliphatic hydroxyl groups excluding tert-OH is 1. The standard InChI is InChI=1S/C9H21N3O/c1-10(2)3-4-11-5-7-12(9-13)8-6-11/h13H,3-9H2,1-2H3. The average molecular weight is 187 g/mol. The van der Waals surface area contributed by atoms with Gasteiger partial charge >= 0.3 is 0 Å². The molecule has 1 aliphatic rings. The van der Waals surface area contributed by atoms with E-state index in [1.165, 1.54) is 0 Å². The molecule has 4 heteroatoms. The van der Waals surface area contributed by atoms with E-state index in [0.717, 1.165) is 39.3 Å². The van der Waals surface area contributed by atoms with Gasteiger partial charge in [0.25, 0.3) is 0 Å². The highest BCUT2D eigenvalue weighted by Gasteiger charge is 2.15. The summed E-state index contributed by atoms with van der Waals surface area (Å²) in [5, 5.41) is 8.89. The van der Waals surface area contributed by atoms with E-state index in [9.17, 15) is 0 Å². The van der Waals surface area contributed by atoms with Crippen molar-refractivity contribution in [1.82, 2.24) is 14.7 Å². The quantitative estimate of drug-likeness (QED) is 0.619. The van der Waals surface area contributed by atoms with Gasteiger partial charge in [-0.25, -0.2) is 0 Å². The Hall–Kier alpha value is -0.160. The molecule has 0 aromatic rings. The smallest absolute Gasteiger partial charge is 0.0957 e. The zero-order valence-electron chi connectivity index (χ0n) is 8.74. The van der Waals surface area contributed by atoms with E-state index >= 15 is 0 Å². The van der Waals surface area contributed by atoms with Crippen LogP contribution in [0.3, 0.4) is 0 Å². The van der Waals surface area contributed by atoms with E-state index in [1.54, 1.807) is 0 Å². The van der Waals surface area contributed by atoms with Crippen LogP contribution in [-0.2, 0) is 0 Å². The number of piperazine rings is 1. The van der Waals surface area contributed by atoms with Crippen LogP contribution >= 0.6 is 0 Å². The second-order valence-electron chi connectivity index (χ2n) is 3.90. The van der Waals surface area contributed by atoms with Crippen LogP contribution in [0, 0.1) is 0 Å². The van der Waals surface area contributed by atoms with Crippen molar-refractivity contribution >= 4 is 0 Å². The van der Waals surface area contributed by atoms with Gasteiger partial charge in [-0.2, -0.15) is 0 Å². The van der Waals surface area contributed by atoms with E-state index < -0.39 is 0 Å². The van der Waals surface area contributed by atoms with Crippen LogP contribution in [0.15, 0.2) is 0 Å². The molecular weight excluding hydrogens is 166 g/mol. The van der Waals surface area contributed by atoms with Gasteiger partial charge in [0, 0.05) is 39.3 Å². The van der Waals surface area contributed by atoms with E-state index in [0.29, 0.717) is 0 Å². The third kappa shape index (κ3) is 4.04. The van der Waals surface area contributed by atoms with Gasteiger partial charge in [0.2, 0.25) is 0 Å². The van der Waals surface area contributed by atoms with Gasteiger partial charge in [-0.15, -0.1) is 0 Å². The van der Waals surface area contributed by atoms with Crippen molar-refractivity contribution in [3.63, 3.8) is 0 Å². The maximum atomic E-state index is 8.89. The zero-order valence-corrected chi connectivity index (χ0v) is 8.74. The Morgan fingerprint density at radius 3 is 2.08 bits per heavy atom. The highest BCUT2D eigenvalue weighted by atomic mass is 16.3. The van der Waals surface area contributed by atoms with Crippen molar-refractivity contribution in [3.8, 4) is 0 Å². The van der Waals surface area contributed by atoms with Gasteiger partial charge in [-0.05, 0) is 14.1 Å². The number of aliphatic hydroxyl groups is 1. The van der Waals surface area contributed by atoms with Gasteiger partial charge < -0.3 is 10.0 Å². The molecule has 0 aromatic carbocycles. The molecule has 4 nitrogen and oxygen atoms in total. The third-order valence-electron chi connectivity index (χ3n) is 2.53. The highest BCUT2D eigenvalue weighted by Crippen LogP contribution is 1.99. The Balaban J connectivity index is 2.10. The molecule has 0 aliphatic carbocycles. The van der Waals surface area contributed by atoms with Crippen molar-refractivity contribution in [1.29, 1.82) is 0 Å². The van der Waals surface area contributed by atoms with E-state index in [1.807, 2.05) is 0 Å². The lowest BCUT2D eigenvalue weighted by Crippen LogP contribution is -2.48. The van der Waals surface area contributed by atoms with Gasteiger partial charge in [0.15, 0.2) is 0 Å². The summed E-state index contributed by atoms with van der Waals surface area (Å²) in [5.41, 5.74) is 0. The molecule has 0 amide bonds. The number of nitrogens with zero attached hydrogens (tertiary/aromatic N) is 3. The van der Waals surface area contributed by atoms with E-state index in [4.69, 9.17) is 5.11 Å². The minimum absolute atomic E-state index is 0.210. The predicted octanol–water partition coefficient (Wildman–Crippen LogP) is -0.885. The fraction of sp³-hybridized carbons (Fsp3) is 1.00. The summed E-state index contributed by atoms with van der Waals surface area (Å²) in [6, 6.07) is 0. The Morgan fingerprint density at radius 1 is 1.08 bits per heavy atom. The van der Waals surface area contributed by atoms with Crippen molar-refractivity contribution in [3.05, 3.63) is 0 Å². The van der Waals surface area contributed by atoms with Crippen LogP contribution in [0.5, 0.6) is 0 Å². The molecule has 1 N–H and O–H groups in total. The lowest BCUT2D eigenvalue weighted by atomic mass is 10.3. The highest BCUT2D eigenvalue weighted by molar-refractivity contribution is 4.70. The van der Waals surface area contributed by atoms with Crippen molar-refractivity contribution < 1.29 is 5.11 Å². The molecule has 13 heavy (non-hydrogen) atoms. The van der Waals surface area contributed by atoms with Crippen LogP contribution in [-0.4, -0.2) is 79.9 Å². The molecular formula is C9H21N3O. The van der Waals surface area contributed by atoms with Gasteiger partial charge in [-0.3, -0.25) is 9.80 Å². The molecule has 0 unspecified atom stereocenters. The molecule has 0 atom stereocenters. The molecule has 1 rings (SSSR count). The summed E-state index contributed by atoms with van der Waals surface area (Å²) in [6.45, 7) is 6.67. The Kier molecular flexibility index (Phi) is 4.66. The monoisotopic (exact) mass is 187 g/mol. The van der Waals surface area contributed by atoms with Crippen LogP contribution in [0.25, 0.3) is 0 Å². The fourth-order valence-electron chi connectivity index (χ4n) is 1.50. The second-order valence-corrected chi connectivity index (χ2v) is 3.90. The first-order chi connectivity index (χ1) is 6.22. The van der Waals surface area contributed by atoms with Gasteiger partial charge in [0.1, 0.15) is 0 Å². The molecule has 0 bridgehead atoms. The molecule has 0 aromatic heterocycles. The maximum absolute atomic E-state index is 8.89. The number of hydrogen-bond donors (Lipinski definition) is 1. The molecule has 1 saturated heterocycles. The van der Waals surface area contributed by atoms with Crippen LogP contribution in [0.4, 0.5) is 0 Å². The van der Waals surface area contributed by atoms with Gasteiger partial charge in [0.05, 0.1) is 6.73 Å². The fourth-order valence-corrected chi connectivity index (χ4v) is 1.50. The first-order valence-corrected chi connectivity index (χ1v) is 4.92. The van der Waals surface area contributed by atoms with Crippen molar-refractivity contribution in [2.45, 2.75) is 0 Å². The zero-order chi connectivity index (χ0) is 9.68. The molecule has 1 aliphatic heterocycles. The first kappa shape index (κ1) is 10.9. The second kappa shape index (κ2) is 5.54. The molecule has 1 heterocycles. The topological polar surface area (TPSA) is 30.0 Å². The van der Waals surface area contributed by atoms with Crippen molar-refractivity contribution in [2.75, 3.05) is 60.1 Å². The molecule has 0 spiro atoms. The lowest BCUT2D eigenvalue weighted by molar-refractivity contribution is 0.0524. The Morgan fingerprint density at radius 2 is 1.62 bits per heavy atom. The van der Waals surface area contributed by atoms with Crippen LogP contribution in [0.1, 0.15) is 0 Å². The summed E-state index contributed by atoms with van der Waals surface area (Å²) in [6.07, 6.45) is 0. The summed E-state index contributed by atoms with van der Waals surface area (Å²) in [7, 11) is 4.20. The predicted molar refractivity (Wildman–Crippen MR) is 53.7 cm³/mol. The SMILES string of the molecule is CN(C)CCN1CCN(CO)CC1. The average Bonchev–Trinajstić information content (AvgIpc) is 2.15. The molecule has 78 valence electrons. The number of hydrogen-bond acceptors (Lipinski definition) is 4. The van der Waals surface area contributed by atoms with E-state index in [2.05, 4.69) is 28.8 Å². The number of rotatable bonds is 4. The summed E-state index contributed by atoms with van der Waals surface area (Å²) >= 11 is 0. The normalized spacial score (nSPS) is 21.2. The largest absolute Gasteiger partial charge is 0.381 e.